The summed E-state index contributed by atoms with van der Waals surface area (Å²) in [5, 5.41) is 30.4. The molecule has 4 aromatic rings. The third-order valence-electron chi connectivity index (χ3n) is 10.8. The Morgan fingerprint density at radius 3 is 1.44 bits per heavy atom. The molecule has 2 atom stereocenters. The lowest BCUT2D eigenvalue weighted by Gasteiger charge is -2.32. The van der Waals surface area contributed by atoms with Crippen LogP contribution in [0.25, 0.3) is 21.5 Å². The maximum absolute atomic E-state index is 13.8. The molecule has 20 nitrogen and oxygen atoms in total. The van der Waals surface area contributed by atoms with Crippen molar-refractivity contribution in [2.75, 3.05) is 39.4 Å². The van der Waals surface area contributed by atoms with Crippen LogP contribution < -0.4 is 30.7 Å². The molecule has 0 aliphatic carbocycles. The molecule has 332 valence electrons. The van der Waals surface area contributed by atoms with E-state index in [9.17, 15) is 58.2 Å². The van der Waals surface area contributed by atoms with Gasteiger partial charge in [0.25, 0.3) is 23.6 Å². The topological polar surface area (TPSA) is 284 Å². The highest BCUT2D eigenvalue weighted by atomic mass is 16.5. The van der Waals surface area contributed by atoms with Crippen molar-refractivity contribution >= 4 is 80.7 Å². The van der Waals surface area contributed by atoms with Gasteiger partial charge in [-0.25, -0.2) is 0 Å². The Labute approximate surface area is 363 Å². The summed E-state index contributed by atoms with van der Waals surface area (Å²) >= 11 is 0. The molecule has 0 aromatic heterocycles. The van der Waals surface area contributed by atoms with Crippen molar-refractivity contribution < 1.29 is 67.6 Å². The zero-order chi connectivity index (χ0) is 45.7. The van der Waals surface area contributed by atoms with E-state index in [1.165, 1.54) is 24.3 Å². The maximum Gasteiger partial charge on any atom is 0.305 e. The number of nitrogens with zero attached hydrogens (tertiary/aromatic N) is 2. The summed E-state index contributed by atoms with van der Waals surface area (Å²) in [7, 11) is 0. The van der Waals surface area contributed by atoms with Crippen LogP contribution in [-0.4, -0.2) is 131 Å². The fourth-order valence-electron chi connectivity index (χ4n) is 7.82. The summed E-state index contributed by atoms with van der Waals surface area (Å²) in [5.41, 5.74) is -0.0592. The van der Waals surface area contributed by atoms with E-state index >= 15 is 0 Å². The molecule has 12 bridgehead atoms. The van der Waals surface area contributed by atoms with Gasteiger partial charge in [0, 0.05) is 82.8 Å². The van der Waals surface area contributed by atoms with Crippen LogP contribution in [0.2, 0.25) is 0 Å². The molecule has 6 aliphatic heterocycles. The van der Waals surface area contributed by atoms with E-state index < -0.39 is 97.1 Å². The summed E-state index contributed by atoms with van der Waals surface area (Å²) < 4.78 is 12.0. The summed E-state index contributed by atoms with van der Waals surface area (Å²) in [6, 6.07) is 12.9. The first kappa shape index (κ1) is 44.2. The fraction of sp³-hybridized carbons (Fsp3) is 0.318. The predicted molar refractivity (Wildman–Crippen MR) is 222 cm³/mol. The van der Waals surface area contributed by atoms with Crippen LogP contribution in [0.1, 0.15) is 80.0 Å². The molecule has 0 saturated carbocycles. The van der Waals surface area contributed by atoms with Crippen LogP contribution in [0.3, 0.4) is 0 Å². The number of aliphatic carboxylic acids is 2. The van der Waals surface area contributed by atoms with Crippen molar-refractivity contribution in [3.05, 3.63) is 82.9 Å². The molecule has 0 radical (unpaired) electrons. The number of carbonyl (C=O) groups is 10. The molecule has 10 rings (SSSR count). The van der Waals surface area contributed by atoms with Crippen LogP contribution in [-0.2, 0) is 28.8 Å². The van der Waals surface area contributed by atoms with Crippen molar-refractivity contribution in [1.29, 1.82) is 0 Å². The van der Waals surface area contributed by atoms with Crippen LogP contribution in [0.5, 0.6) is 11.5 Å². The second-order valence-electron chi connectivity index (χ2n) is 15.1. The SMILES string of the molecule is O=C(O)C[C@@H]1NC(=O)CCCOc2cccc3c(cccc23)OCCCNC(=O)[C@H](CC(=O)O)NC(=O)CCN2C(=O)c3ccc4c5c(ccc(c35)C2=O)C(=O)N(CCNC1=O)C4=O. The molecule has 0 saturated heterocycles. The number of nitrogens with one attached hydrogen (secondary N) is 4. The molecule has 6 N–H and O–H groups in total. The first-order valence-corrected chi connectivity index (χ1v) is 20.4. The summed E-state index contributed by atoms with van der Waals surface area (Å²) in [5.74, 6) is -8.02. The smallest absolute Gasteiger partial charge is 0.305 e. The van der Waals surface area contributed by atoms with Gasteiger partial charge in [0.15, 0.2) is 0 Å². The number of amides is 8. The second kappa shape index (κ2) is 19.0. The summed E-state index contributed by atoms with van der Waals surface area (Å²) in [6.45, 7) is -0.854. The number of benzene rings is 4. The lowest BCUT2D eigenvalue weighted by Crippen LogP contribution is -2.50. The van der Waals surface area contributed by atoms with Gasteiger partial charge in [0.05, 0.1) is 26.1 Å². The van der Waals surface area contributed by atoms with E-state index in [2.05, 4.69) is 21.3 Å². The average molecular weight is 879 g/mol. The molecule has 0 unspecified atom stereocenters. The van der Waals surface area contributed by atoms with Gasteiger partial charge in [-0.2, -0.15) is 0 Å². The number of carboxylic acids is 2. The average Bonchev–Trinajstić information content (AvgIpc) is 3.26. The molecular weight excluding hydrogens is 837 g/mol. The van der Waals surface area contributed by atoms with Gasteiger partial charge in [0.2, 0.25) is 23.6 Å². The van der Waals surface area contributed by atoms with Crippen molar-refractivity contribution in [2.45, 2.75) is 50.6 Å². The Bertz CT molecular complexity index is 2560. The number of rotatable bonds is 4. The fourth-order valence-corrected chi connectivity index (χ4v) is 7.82. The van der Waals surface area contributed by atoms with Crippen molar-refractivity contribution in [2.24, 2.45) is 0 Å². The minimum atomic E-state index is -1.48. The van der Waals surface area contributed by atoms with E-state index in [0.717, 1.165) is 9.80 Å². The highest BCUT2D eigenvalue weighted by Crippen LogP contribution is 2.38. The number of carbonyl (C=O) groups excluding carboxylic acids is 8. The quantitative estimate of drug-likeness (QED) is 0.158. The number of hydrogen-bond acceptors (Lipinski definition) is 12. The van der Waals surface area contributed by atoms with Gasteiger partial charge in [0.1, 0.15) is 23.6 Å². The number of fused-ring (bicyclic) bond motifs is 2. The standard InChI is InChI=1S/C44H42N6O14/c51-33-9-3-19-63-31-7-1-6-24-23(31)5-2-8-32(24)64-20-4-15-45-39(57)29(21-35(53)54)48-34(52)14-17-49-41(59)25-10-12-27-38-28(13-11-26(37(25)38)42(49)60)44(62)50(43(27)61)18-16-46-40(58)30(47-33)22-36(55)56/h1-2,5-8,10-13,29-30H,3-4,9,14-22H2,(H,45,57)(H,46,58)(H,47,51)(H,48,52)(H,53,54)(H,55,56)/t29-,30-/m0/s1. The molecule has 8 amide bonds. The van der Waals surface area contributed by atoms with E-state index in [1.54, 1.807) is 24.3 Å². The summed E-state index contributed by atoms with van der Waals surface area (Å²) in [6.07, 6.45) is -1.63. The molecule has 6 heterocycles. The van der Waals surface area contributed by atoms with Gasteiger partial charge in [-0.1, -0.05) is 24.3 Å². The van der Waals surface area contributed by atoms with Crippen LogP contribution >= 0.6 is 0 Å². The monoisotopic (exact) mass is 878 g/mol. The first-order chi connectivity index (χ1) is 30.7. The summed E-state index contributed by atoms with van der Waals surface area (Å²) in [4.78, 5) is 132. The van der Waals surface area contributed by atoms with Crippen LogP contribution in [0, 0.1) is 0 Å². The Hall–Kier alpha value is -7.90. The highest BCUT2D eigenvalue weighted by Gasteiger charge is 2.40. The number of imide groups is 2. The molecule has 64 heavy (non-hydrogen) atoms. The van der Waals surface area contributed by atoms with Gasteiger partial charge in [-0.05, 0) is 49.2 Å². The maximum atomic E-state index is 13.8. The van der Waals surface area contributed by atoms with E-state index in [-0.39, 0.29) is 78.7 Å². The minimum absolute atomic E-state index is 0.00686. The largest absolute Gasteiger partial charge is 0.493 e. The molecule has 6 aliphatic rings. The van der Waals surface area contributed by atoms with Gasteiger partial charge >= 0.3 is 11.9 Å². The number of hydrogen-bond donors (Lipinski definition) is 6. The molecule has 0 fully saturated rings. The zero-order valence-corrected chi connectivity index (χ0v) is 34.1. The molecule has 4 aromatic carbocycles. The number of carboxylic acid groups (broad SMARTS) is 2. The van der Waals surface area contributed by atoms with Crippen LogP contribution in [0.4, 0.5) is 0 Å². The van der Waals surface area contributed by atoms with Crippen molar-refractivity contribution in [3.8, 4) is 11.5 Å². The van der Waals surface area contributed by atoms with E-state index in [0.29, 0.717) is 28.7 Å². The predicted octanol–water partition coefficient (Wildman–Crippen LogP) is 1.37. The number of ether oxygens (including phenoxy) is 2. The molecule has 0 spiro atoms. The lowest BCUT2D eigenvalue weighted by molar-refractivity contribution is -0.141. The highest BCUT2D eigenvalue weighted by molar-refractivity contribution is 6.33. The Balaban J connectivity index is 1.12. The van der Waals surface area contributed by atoms with Crippen molar-refractivity contribution in [3.63, 3.8) is 0 Å². The van der Waals surface area contributed by atoms with Crippen LogP contribution in [0.15, 0.2) is 60.7 Å². The van der Waals surface area contributed by atoms with Crippen molar-refractivity contribution in [1.82, 2.24) is 31.1 Å². The van der Waals surface area contributed by atoms with Gasteiger partial charge < -0.3 is 41.0 Å². The Morgan fingerprint density at radius 2 is 0.969 bits per heavy atom. The third-order valence-corrected chi connectivity index (χ3v) is 10.8. The zero-order valence-electron chi connectivity index (χ0n) is 34.1. The minimum Gasteiger partial charge on any atom is -0.493 e. The van der Waals surface area contributed by atoms with Gasteiger partial charge in [-0.15, -0.1) is 0 Å². The Morgan fingerprint density at radius 1 is 0.547 bits per heavy atom. The first-order valence-electron chi connectivity index (χ1n) is 20.4. The lowest BCUT2D eigenvalue weighted by atomic mass is 9.86. The molecule has 20 heteroatoms. The Kier molecular flexibility index (Phi) is 13.1. The van der Waals surface area contributed by atoms with E-state index in [4.69, 9.17) is 9.47 Å². The third kappa shape index (κ3) is 9.30. The van der Waals surface area contributed by atoms with Gasteiger partial charge in [-0.3, -0.25) is 57.7 Å². The normalized spacial score (nSPS) is 19.6. The second-order valence-corrected chi connectivity index (χ2v) is 15.1. The molecular formula is C44H42N6O14. The van der Waals surface area contributed by atoms with E-state index in [1.807, 2.05) is 12.1 Å².